The van der Waals surface area contributed by atoms with Gasteiger partial charge < -0.3 is 14.2 Å². The van der Waals surface area contributed by atoms with Crippen LogP contribution in [0.2, 0.25) is 0 Å². The molecule has 266 valence electrons. The molecule has 10 nitrogen and oxygen atoms in total. The summed E-state index contributed by atoms with van der Waals surface area (Å²) in [6.07, 6.45) is 8.42. The molecule has 6 aliphatic rings. The first kappa shape index (κ1) is 32.5. The number of carbonyl (C=O) groups is 2. The molecule has 1 N–H and O–H groups in total. The highest BCUT2D eigenvalue weighted by Gasteiger charge is 2.65. The molecule has 9 rings (SSSR count). The zero-order chi connectivity index (χ0) is 34.5. The number of hydrogen-bond donors (Lipinski definition) is 1. The number of aromatic nitrogens is 1. The van der Waals surface area contributed by atoms with Crippen LogP contribution in [0.3, 0.4) is 0 Å². The number of fused-ring (bicyclic) bond motifs is 9. The Labute approximate surface area is 295 Å². The Bertz CT molecular complexity index is 2000. The van der Waals surface area contributed by atoms with Crippen LogP contribution in [-0.2, 0) is 21.5 Å². The summed E-state index contributed by atoms with van der Waals surface area (Å²) in [5, 5.41) is 1.10. The predicted molar refractivity (Wildman–Crippen MR) is 192 cm³/mol. The third kappa shape index (κ3) is 5.05. The van der Waals surface area contributed by atoms with Crippen molar-refractivity contribution >= 4 is 32.9 Å². The van der Waals surface area contributed by atoms with Gasteiger partial charge in [-0.15, -0.1) is 0 Å². The lowest BCUT2D eigenvalue weighted by Crippen LogP contribution is -2.52. The number of methoxy groups -OCH3 is 1. The molecule has 2 saturated carbocycles. The van der Waals surface area contributed by atoms with E-state index in [9.17, 15) is 13.2 Å². The molecular formula is C39H49N5O5S. The van der Waals surface area contributed by atoms with Crippen molar-refractivity contribution in [2.24, 2.45) is 11.3 Å². The van der Waals surface area contributed by atoms with Crippen molar-refractivity contribution in [2.75, 3.05) is 39.8 Å². The minimum atomic E-state index is -3.89. The Morgan fingerprint density at radius 1 is 1.00 bits per heavy atom. The molecule has 3 aromatic rings. The van der Waals surface area contributed by atoms with Gasteiger partial charge in [0.05, 0.1) is 18.2 Å². The van der Waals surface area contributed by atoms with Crippen LogP contribution < -0.4 is 9.46 Å². The first-order valence-electron chi connectivity index (χ1n) is 18.8. The molecule has 0 spiro atoms. The Hall–Kier alpha value is -3.41. The van der Waals surface area contributed by atoms with E-state index in [1.807, 2.05) is 18.2 Å². The fourth-order valence-corrected chi connectivity index (χ4v) is 11.4. The zero-order valence-electron chi connectivity index (χ0n) is 29.5. The average molecular weight is 700 g/mol. The van der Waals surface area contributed by atoms with Gasteiger partial charge in [-0.3, -0.25) is 14.5 Å². The Kier molecular flexibility index (Phi) is 7.68. The number of ether oxygens (including phenoxy) is 1. The second-order valence-corrected chi connectivity index (χ2v) is 18.0. The van der Waals surface area contributed by atoms with Gasteiger partial charge in [-0.05, 0) is 85.4 Å². The molecule has 2 unspecified atom stereocenters. The number of rotatable bonds is 8. The Morgan fingerprint density at radius 3 is 2.48 bits per heavy atom. The van der Waals surface area contributed by atoms with Gasteiger partial charge in [-0.25, -0.2) is 4.72 Å². The number of piperazine rings is 1. The van der Waals surface area contributed by atoms with E-state index < -0.39 is 21.5 Å². The van der Waals surface area contributed by atoms with Crippen LogP contribution in [0.1, 0.15) is 98.5 Å². The standard InChI is InChI=1S/C39H49N5O5S/c1-24(2)20-41-21-28-17-27(41)22-43(28)38(46)39-19-33(39)32-18-29(49-3)11-13-30(32)36-35(25-8-5-4-6-9-25)31-12-10-26(16-34(31)44(36)23-39)37(45)40-50(47,48)42-14-7-15-42/h10-13,16,18,24-25,27-28,33H,4-9,14-15,17,19-23H2,1-3H3,(H,40,45)/t27-,28-,33?,39?/m1/s1. The molecule has 0 radical (unpaired) electrons. The quantitative estimate of drug-likeness (QED) is 0.335. The Balaban J connectivity index is 1.17. The maximum absolute atomic E-state index is 15.0. The van der Waals surface area contributed by atoms with Crippen LogP contribution in [0.4, 0.5) is 0 Å². The molecule has 4 aliphatic heterocycles. The predicted octanol–water partition coefficient (Wildman–Crippen LogP) is 5.47. The van der Waals surface area contributed by atoms with E-state index in [4.69, 9.17) is 4.74 Å². The topological polar surface area (TPSA) is 104 Å². The van der Waals surface area contributed by atoms with Gasteiger partial charge in [0.1, 0.15) is 5.75 Å². The number of nitrogens with zero attached hydrogens (tertiary/aromatic N) is 4. The van der Waals surface area contributed by atoms with Crippen molar-refractivity contribution in [1.82, 2.24) is 23.4 Å². The number of amides is 2. The molecular weight excluding hydrogens is 651 g/mol. The van der Waals surface area contributed by atoms with Crippen molar-refractivity contribution in [3.05, 3.63) is 53.1 Å². The smallest absolute Gasteiger partial charge is 0.304 e. The summed E-state index contributed by atoms with van der Waals surface area (Å²) in [5.74, 6) is 1.48. The number of carbonyl (C=O) groups excluding carboxylic acids is 2. The van der Waals surface area contributed by atoms with Crippen LogP contribution in [0, 0.1) is 11.3 Å². The first-order chi connectivity index (χ1) is 24.1. The zero-order valence-corrected chi connectivity index (χ0v) is 30.3. The van der Waals surface area contributed by atoms with Gasteiger partial charge in [-0.2, -0.15) is 12.7 Å². The van der Waals surface area contributed by atoms with Crippen molar-refractivity contribution < 1.29 is 22.7 Å². The van der Waals surface area contributed by atoms with Crippen LogP contribution in [0.5, 0.6) is 5.75 Å². The lowest BCUT2D eigenvalue weighted by Gasteiger charge is -2.37. The normalized spacial score (nSPS) is 27.8. The monoisotopic (exact) mass is 699 g/mol. The number of nitrogens with one attached hydrogen (secondary N) is 1. The van der Waals surface area contributed by atoms with Gasteiger partial charge in [0.15, 0.2) is 0 Å². The third-order valence-electron chi connectivity index (χ3n) is 12.8. The maximum Gasteiger partial charge on any atom is 0.304 e. The maximum atomic E-state index is 15.0. The summed E-state index contributed by atoms with van der Waals surface area (Å²) in [4.78, 5) is 33.3. The van der Waals surface area contributed by atoms with Crippen LogP contribution in [0.15, 0.2) is 36.4 Å². The van der Waals surface area contributed by atoms with Gasteiger partial charge in [-0.1, -0.05) is 39.2 Å². The molecule has 2 aromatic carbocycles. The second kappa shape index (κ2) is 11.8. The molecule has 2 bridgehead atoms. The number of benzene rings is 2. The summed E-state index contributed by atoms with van der Waals surface area (Å²) in [6, 6.07) is 12.7. The van der Waals surface area contributed by atoms with Crippen molar-refractivity contribution in [2.45, 2.75) is 95.7 Å². The molecule has 3 saturated heterocycles. The van der Waals surface area contributed by atoms with E-state index in [2.05, 4.69) is 45.1 Å². The summed E-state index contributed by atoms with van der Waals surface area (Å²) in [5.41, 5.74) is 5.42. The fourth-order valence-electron chi connectivity index (χ4n) is 10.2. The van der Waals surface area contributed by atoms with Crippen molar-refractivity contribution in [3.8, 4) is 17.0 Å². The van der Waals surface area contributed by atoms with Gasteiger partial charge in [0.25, 0.3) is 5.91 Å². The molecule has 4 atom stereocenters. The van der Waals surface area contributed by atoms with E-state index in [0.29, 0.717) is 43.1 Å². The van der Waals surface area contributed by atoms with E-state index in [1.54, 1.807) is 13.2 Å². The SMILES string of the molecule is COc1ccc2c(c1)C1CC1(C(=O)N1C[C@H]3C[C@@H]1CN3CC(C)C)Cn1c-2c(C2CCCCC2)c2ccc(C(=O)NS(=O)(=O)N3CCC3)cc21. The van der Waals surface area contributed by atoms with E-state index in [0.717, 1.165) is 79.6 Å². The van der Waals surface area contributed by atoms with Crippen LogP contribution >= 0.6 is 0 Å². The van der Waals surface area contributed by atoms with Crippen LogP contribution in [-0.4, -0.2) is 90.8 Å². The minimum absolute atomic E-state index is 0.0771. The largest absolute Gasteiger partial charge is 0.497 e. The highest BCUT2D eigenvalue weighted by molar-refractivity contribution is 7.87. The van der Waals surface area contributed by atoms with E-state index in [-0.39, 0.29) is 17.9 Å². The molecule has 11 heteroatoms. The number of likely N-dealkylation sites (tertiary alicyclic amines) is 2. The highest BCUT2D eigenvalue weighted by atomic mass is 32.2. The molecule has 5 heterocycles. The summed E-state index contributed by atoms with van der Waals surface area (Å²) in [6.45, 7) is 8.72. The molecule has 2 amide bonds. The lowest BCUT2D eigenvalue weighted by molar-refractivity contribution is -0.140. The van der Waals surface area contributed by atoms with E-state index in [1.165, 1.54) is 34.7 Å². The van der Waals surface area contributed by atoms with E-state index >= 15 is 4.79 Å². The summed E-state index contributed by atoms with van der Waals surface area (Å²) >= 11 is 0. The second-order valence-electron chi connectivity index (χ2n) is 16.3. The first-order valence-corrected chi connectivity index (χ1v) is 20.2. The number of hydrogen-bond acceptors (Lipinski definition) is 6. The molecule has 5 fully saturated rings. The van der Waals surface area contributed by atoms with Gasteiger partial charge in [0, 0.05) is 79.3 Å². The highest BCUT2D eigenvalue weighted by Crippen LogP contribution is 2.66. The van der Waals surface area contributed by atoms with Gasteiger partial charge in [0.2, 0.25) is 5.91 Å². The van der Waals surface area contributed by atoms with Crippen molar-refractivity contribution in [1.29, 1.82) is 0 Å². The Morgan fingerprint density at radius 2 is 1.80 bits per heavy atom. The minimum Gasteiger partial charge on any atom is -0.497 e. The van der Waals surface area contributed by atoms with Crippen molar-refractivity contribution in [3.63, 3.8) is 0 Å². The molecule has 1 aromatic heterocycles. The average Bonchev–Trinajstić information content (AvgIpc) is 3.30. The summed E-state index contributed by atoms with van der Waals surface area (Å²) in [7, 11) is -2.19. The molecule has 50 heavy (non-hydrogen) atoms. The van der Waals surface area contributed by atoms with Gasteiger partial charge >= 0.3 is 10.2 Å². The fraction of sp³-hybridized carbons (Fsp3) is 0.590. The summed E-state index contributed by atoms with van der Waals surface area (Å²) < 4.78 is 37.5. The third-order valence-corrected chi connectivity index (χ3v) is 14.3. The van der Waals surface area contributed by atoms with Crippen LogP contribution in [0.25, 0.3) is 22.2 Å². The lowest BCUT2D eigenvalue weighted by atomic mass is 9.81. The molecule has 2 aliphatic carbocycles.